The smallest absolute Gasteiger partial charge is 0.123 e. The normalized spacial score (nSPS) is 26.0. The molecule has 2 N–H and O–H groups in total. The summed E-state index contributed by atoms with van der Waals surface area (Å²) in [6.07, 6.45) is 2.89. The van der Waals surface area contributed by atoms with E-state index in [1.807, 2.05) is 30.1 Å². The van der Waals surface area contributed by atoms with Crippen molar-refractivity contribution in [3.05, 3.63) is 18.3 Å². The third-order valence-corrected chi connectivity index (χ3v) is 4.56. The first-order valence-electron chi connectivity index (χ1n) is 5.87. The second-order valence-corrected chi connectivity index (χ2v) is 6.97. The van der Waals surface area contributed by atoms with Gasteiger partial charge in [0.05, 0.1) is 11.2 Å². The Hall–Kier alpha value is -0.740. The lowest BCUT2D eigenvalue weighted by molar-refractivity contribution is -0.0631. The fourth-order valence-electron chi connectivity index (χ4n) is 2.32. The molecule has 1 saturated heterocycles. The maximum Gasteiger partial charge on any atom is 0.123 e. The molecule has 1 aromatic rings. The van der Waals surface area contributed by atoms with Crippen LogP contribution in [0.3, 0.4) is 0 Å². The van der Waals surface area contributed by atoms with Crippen LogP contribution in [0.1, 0.15) is 34.1 Å². The van der Waals surface area contributed by atoms with Crippen molar-refractivity contribution in [1.82, 2.24) is 4.98 Å². The lowest BCUT2D eigenvalue weighted by atomic mass is 10.0. The molecule has 1 aliphatic rings. The third kappa shape index (κ3) is 2.93. The number of hydrogen-bond donors (Lipinski definition) is 1. The van der Waals surface area contributed by atoms with Crippen LogP contribution in [0, 0.1) is 0 Å². The molecule has 1 atom stereocenters. The number of anilines is 1. The van der Waals surface area contributed by atoms with E-state index in [0.29, 0.717) is 11.1 Å². The van der Waals surface area contributed by atoms with Gasteiger partial charge in [-0.2, -0.15) is 0 Å². The number of aromatic nitrogens is 1. The van der Waals surface area contributed by atoms with E-state index in [1.54, 1.807) is 0 Å². The van der Waals surface area contributed by atoms with E-state index in [1.165, 1.54) is 0 Å². The molecule has 0 radical (unpaired) electrons. The number of nitrogens with two attached hydrogens (primary N) is 1. The Balaban J connectivity index is 2.11. The summed E-state index contributed by atoms with van der Waals surface area (Å²) in [7, 11) is 0. The predicted molar refractivity (Wildman–Crippen MR) is 72.2 cm³/mol. The van der Waals surface area contributed by atoms with E-state index >= 15 is 0 Å². The summed E-state index contributed by atoms with van der Waals surface area (Å²) < 4.78 is 6.08. The molecule has 0 aliphatic carbocycles. The maximum absolute atomic E-state index is 6.08. The molecule has 4 heteroatoms. The zero-order valence-corrected chi connectivity index (χ0v) is 11.7. The molecule has 0 spiro atoms. The summed E-state index contributed by atoms with van der Waals surface area (Å²) in [6, 6.07) is 3.87. The number of ether oxygens (including phenoxy) is 1. The highest BCUT2D eigenvalue weighted by molar-refractivity contribution is 8.00. The summed E-state index contributed by atoms with van der Waals surface area (Å²) in [6.45, 7) is 8.61. The van der Waals surface area contributed by atoms with Crippen molar-refractivity contribution in [1.29, 1.82) is 0 Å². The average Bonchev–Trinajstić information content (AvgIpc) is 2.38. The summed E-state index contributed by atoms with van der Waals surface area (Å²) in [5.74, 6) is 0.566. The maximum atomic E-state index is 6.08. The van der Waals surface area contributed by atoms with Crippen LogP contribution in [-0.4, -0.2) is 21.4 Å². The lowest BCUT2D eigenvalue weighted by Gasteiger charge is -2.26. The van der Waals surface area contributed by atoms with Crippen molar-refractivity contribution in [2.75, 3.05) is 5.73 Å². The van der Waals surface area contributed by atoms with E-state index < -0.39 is 0 Å². The van der Waals surface area contributed by atoms with Crippen LogP contribution in [0.25, 0.3) is 0 Å². The van der Waals surface area contributed by atoms with Gasteiger partial charge in [0.1, 0.15) is 5.82 Å². The zero-order chi connectivity index (χ0) is 12.7. The van der Waals surface area contributed by atoms with Crippen molar-refractivity contribution in [3.63, 3.8) is 0 Å². The van der Waals surface area contributed by atoms with Gasteiger partial charge >= 0.3 is 0 Å². The Morgan fingerprint density at radius 2 is 2.06 bits per heavy atom. The monoisotopic (exact) mass is 252 g/mol. The second-order valence-electron chi connectivity index (χ2n) is 5.69. The fourth-order valence-corrected chi connectivity index (χ4v) is 3.73. The second kappa shape index (κ2) is 4.18. The van der Waals surface area contributed by atoms with E-state index in [2.05, 4.69) is 32.7 Å². The third-order valence-electron chi connectivity index (χ3n) is 3.03. The molecule has 0 bridgehead atoms. The first kappa shape index (κ1) is 12.7. The number of rotatable bonds is 2. The van der Waals surface area contributed by atoms with Crippen LogP contribution in [0.5, 0.6) is 0 Å². The van der Waals surface area contributed by atoms with E-state index in [9.17, 15) is 0 Å². The lowest BCUT2D eigenvalue weighted by Crippen LogP contribution is -2.30. The van der Waals surface area contributed by atoms with Crippen LogP contribution in [0.4, 0.5) is 5.82 Å². The summed E-state index contributed by atoms with van der Waals surface area (Å²) in [5.41, 5.74) is 5.45. The van der Waals surface area contributed by atoms with Gasteiger partial charge in [-0.3, -0.25) is 0 Å². The molecule has 1 fully saturated rings. The first-order chi connectivity index (χ1) is 7.78. The molecule has 0 aromatic carbocycles. The summed E-state index contributed by atoms with van der Waals surface area (Å²) in [4.78, 5) is 5.27. The van der Waals surface area contributed by atoms with Gasteiger partial charge in [-0.15, -0.1) is 11.8 Å². The standard InChI is InChI=1S/C13H20N2OS/c1-12(2)7-10(13(3,4)16-12)17-9-5-6-11(14)15-8-9/h5-6,8,10H,7H2,1-4H3,(H2,14,15). The zero-order valence-electron chi connectivity index (χ0n) is 10.9. The minimum atomic E-state index is -0.102. The van der Waals surface area contributed by atoms with Crippen molar-refractivity contribution in [2.45, 2.75) is 55.5 Å². The summed E-state index contributed by atoms with van der Waals surface area (Å²) >= 11 is 1.83. The minimum Gasteiger partial charge on any atom is -0.384 e. The van der Waals surface area contributed by atoms with E-state index in [4.69, 9.17) is 10.5 Å². The molecule has 2 rings (SSSR count). The van der Waals surface area contributed by atoms with Crippen molar-refractivity contribution in [3.8, 4) is 0 Å². The van der Waals surface area contributed by atoms with Crippen LogP contribution in [-0.2, 0) is 4.74 Å². The van der Waals surface area contributed by atoms with Gasteiger partial charge in [-0.05, 0) is 46.2 Å². The van der Waals surface area contributed by atoms with Crippen molar-refractivity contribution in [2.24, 2.45) is 0 Å². The van der Waals surface area contributed by atoms with Gasteiger partial charge in [0.2, 0.25) is 0 Å². The molecule has 3 nitrogen and oxygen atoms in total. The molecule has 1 aromatic heterocycles. The number of thioether (sulfide) groups is 1. The van der Waals surface area contributed by atoms with Gasteiger partial charge < -0.3 is 10.5 Å². The predicted octanol–water partition coefficient (Wildman–Crippen LogP) is 3.10. The van der Waals surface area contributed by atoms with Crippen LogP contribution >= 0.6 is 11.8 Å². The highest BCUT2D eigenvalue weighted by Crippen LogP contribution is 2.45. The number of nitrogen functional groups attached to an aromatic ring is 1. The first-order valence-corrected chi connectivity index (χ1v) is 6.75. The van der Waals surface area contributed by atoms with Gasteiger partial charge in [0, 0.05) is 16.3 Å². The van der Waals surface area contributed by atoms with E-state index in [-0.39, 0.29) is 11.2 Å². The van der Waals surface area contributed by atoms with Gasteiger partial charge in [0.25, 0.3) is 0 Å². The van der Waals surface area contributed by atoms with Gasteiger partial charge in [0.15, 0.2) is 0 Å². The summed E-state index contributed by atoms with van der Waals surface area (Å²) in [5, 5.41) is 0.447. The highest BCUT2D eigenvalue weighted by Gasteiger charge is 2.46. The van der Waals surface area contributed by atoms with Crippen molar-refractivity contribution < 1.29 is 4.74 Å². The topological polar surface area (TPSA) is 48.1 Å². The molecule has 1 aliphatic heterocycles. The molecule has 0 amide bonds. The van der Waals surface area contributed by atoms with Gasteiger partial charge in [-0.25, -0.2) is 4.98 Å². The van der Waals surface area contributed by atoms with Gasteiger partial charge in [-0.1, -0.05) is 0 Å². The molecule has 17 heavy (non-hydrogen) atoms. The SMILES string of the molecule is CC1(C)CC(Sc2ccc(N)nc2)C(C)(C)O1. The number of pyridine rings is 1. The number of nitrogens with zero attached hydrogens (tertiary/aromatic N) is 1. The van der Waals surface area contributed by atoms with Crippen molar-refractivity contribution >= 4 is 17.6 Å². The van der Waals surface area contributed by atoms with Crippen LogP contribution in [0.15, 0.2) is 23.2 Å². The fraction of sp³-hybridized carbons (Fsp3) is 0.615. The van der Waals surface area contributed by atoms with Crippen LogP contribution in [0.2, 0.25) is 0 Å². The Kier molecular flexibility index (Phi) is 3.12. The Morgan fingerprint density at radius 3 is 2.53 bits per heavy atom. The average molecular weight is 252 g/mol. The molecular weight excluding hydrogens is 232 g/mol. The Labute approximate surface area is 107 Å². The highest BCUT2D eigenvalue weighted by atomic mass is 32.2. The Bertz CT molecular complexity index is 400. The quantitative estimate of drug-likeness (QED) is 0.878. The molecule has 94 valence electrons. The molecule has 1 unspecified atom stereocenters. The minimum absolute atomic E-state index is 0.0393. The Morgan fingerprint density at radius 1 is 1.35 bits per heavy atom. The van der Waals surface area contributed by atoms with Crippen LogP contribution < -0.4 is 5.73 Å². The van der Waals surface area contributed by atoms with E-state index in [0.717, 1.165) is 11.3 Å². The largest absolute Gasteiger partial charge is 0.384 e. The number of hydrogen-bond acceptors (Lipinski definition) is 4. The molecular formula is C13H20N2OS. The molecule has 0 saturated carbocycles. The molecule has 2 heterocycles.